The lowest BCUT2D eigenvalue weighted by atomic mass is 10.1. The van der Waals surface area contributed by atoms with Crippen LogP contribution < -0.4 is 10.6 Å². The fourth-order valence-corrected chi connectivity index (χ4v) is 3.38. The smallest absolute Gasteiger partial charge is 0.191 e. The van der Waals surface area contributed by atoms with Gasteiger partial charge in [0.2, 0.25) is 0 Å². The van der Waals surface area contributed by atoms with E-state index in [9.17, 15) is 0 Å². The lowest BCUT2D eigenvalue weighted by molar-refractivity contribution is 0.275. The summed E-state index contributed by atoms with van der Waals surface area (Å²) in [5, 5.41) is 7.54. The fraction of sp³-hybridized carbons (Fsp3) is 0.650. The first-order chi connectivity index (χ1) is 12.7. The number of hydrogen-bond donors (Lipinski definition) is 2. The van der Waals surface area contributed by atoms with Gasteiger partial charge in [-0.05, 0) is 70.6 Å². The maximum atomic E-state index is 6.04. The van der Waals surface area contributed by atoms with Crippen LogP contribution in [0.1, 0.15) is 25.3 Å². The molecule has 0 aliphatic carbocycles. The lowest BCUT2D eigenvalue weighted by Crippen LogP contribution is -2.38. The Hall–Kier alpha value is -1.30. The van der Waals surface area contributed by atoms with Crippen LogP contribution in [-0.4, -0.2) is 75.2 Å². The number of nitrogens with zero attached hydrogens (tertiary/aromatic N) is 3. The molecule has 1 fully saturated rings. The Labute approximate surface area is 163 Å². The van der Waals surface area contributed by atoms with Crippen LogP contribution in [0.2, 0.25) is 5.02 Å². The van der Waals surface area contributed by atoms with E-state index >= 15 is 0 Å². The maximum Gasteiger partial charge on any atom is 0.191 e. The molecule has 1 saturated heterocycles. The Morgan fingerprint density at radius 3 is 2.88 bits per heavy atom. The van der Waals surface area contributed by atoms with Crippen LogP contribution in [0, 0.1) is 0 Å². The molecule has 0 atom stereocenters. The van der Waals surface area contributed by atoms with Crippen molar-refractivity contribution in [2.75, 3.05) is 59.4 Å². The van der Waals surface area contributed by atoms with E-state index in [1.54, 1.807) is 0 Å². The number of halogens is 1. The van der Waals surface area contributed by atoms with Crippen LogP contribution in [0.4, 0.5) is 0 Å². The second kappa shape index (κ2) is 12.2. The van der Waals surface area contributed by atoms with Crippen molar-refractivity contribution in [1.82, 2.24) is 20.4 Å². The van der Waals surface area contributed by atoms with E-state index in [-0.39, 0.29) is 0 Å². The third-order valence-electron chi connectivity index (χ3n) is 4.65. The van der Waals surface area contributed by atoms with Gasteiger partial charge in [0.15, 0.2) is 5.96 Å². The molecular formula is C20H34ClN5. The minimum atomic E-state index is 0.794. The largest absolute Gasteiger partial charge is 0.357 e. The van der Waals surface area contributed by atoms with Crippen molar-refractivity contribution < 1.29 is 0 Å². The van der Waals surface area contributed by atoms with Crippen molar-refractivity contribution in [2.45, 2.75) is 26.2 Å². The molecule has 6 heteroatoms. The third kappa shape index (κ3) is 8.39. The zero-order chi connectivity index (χ0) is 18.6. The molecule has 26 heavy (non-hydrogen) atoms. The average molecular weight is 380 g/mol. The molecule has 0 bridgehead atoms. The molecule has 5 nitrogen and oxygen atoms in total. The number of nitrogens with one attached hydrogen (secondary N) is 2. The molecule has 0 aromatic heterocycles. The first-order valence-corrected chi connectivity index (χ1v) is 10.2. The third-order valence-corrected chi connectivity index (χ3v) is 4.89. The highest BCUT2D eigenvalue weighted by molar-refractivity contribution is 6.30. The van der Waals surface area contributed by atoms with Gasteiger partial charge in [-0.25, -0.2) is 0 Å². The molecule has 2 N–H and O–H groups in total. The molecule has 0 radical (unpaired) electrons. The highest BCUT2D eigenvalue weighted by atomic mass is 35.5. The predicted molar refractivity (Wildman–Crippen MR) is 112 cm³/mol. The van der Waals surface area contributed by atoms with Crippen molar-refractivity contribution in [1.29, 1.82) is 0 Å². The number of guanidine groups is 1. The Morgan fingerprint density at radius 1 is 1.19 bits per heavy atom. The molecule has 1 heterocycles. The van der Waals surface area contributed by atoms with Gasteiger partial charge < -0.3 is 20.4 Å². The van der Waals surface area contributed by atoms with Crippen molar-refractivity contribution in [3.8, 4) is 0 Å². The van der Waals surface area contributed by atoms with Crippen molar-refractivity contribution in [2.24, 2.45) is 4.99 Å². The predicted octanol–water partition coefficient (Wildman–Crippen LogP) is 2.47. The Kier molecular flexibility index (Phi) is 9.82. The molecule has 0 spiro atoms. The van der Waals surface area contributed by atoms with E-state index in [1.165, 1.54) is 38.2 Å². The first-order valence-electron chi connectivity index (χ1n) is 9.85. The molecule has 146 valence electrons. The van der Waals surface area contributed by atoms with Gasteiger partial charge in [-0.1, -0.05) is 23.7 Å². The van der Waals surface area contributed by atoms with Crippen LogP contribution in [0.15, 0.2) is 29.3 Å². The summed E-state index contributed by atoms with van der Waals surface area (Å²) in [6.07, 6.45) is 3.31. The second-order valence-corrected chi connectivity index (χ2v) is 7.36. The maximum absolute atomic E-state index is 6.04. The van der Waals surface area contributed by atoms with Gasteiger partial charge in [0, 0.05) is 37.7 Å². The van der Waals surface area contributed by atoms with E-state index < -0.39 is 0 Å². The SMILES string of the molecule is CCNC(=NCCCN1CCCN(C)CC1)NCCc1cccc(Cl)c1. The topological polar surface area (TPSA) is 42.9 Å². The van der Waals surface area contributed by atoms with Crippen LogP contribution in [-0.2, 0) is 6.42 Å². The van der Waals surface area contributed by atoms with Gasteiger partial charge in [0.1, 0.15) is 0 Å². The first kappa shape index (κ1) is 21.0. The van der Waals surface area contributed by atoms with Crippen LogP contribution >= 0.6 is 11.6 Å². The number of hydrogen-bond acceptors (Lipinski definition) is 3. The number of likely N-dealkylation sites (N-methyl/N-ethyl adjacent to an activating group) is 1. The summed E-state index contributed by atoms with van der Waals surface area (Å²) < 4.78 is 0. The zero-order valence-corrected chi connectivity index (χ0v) is 17.1. The monoisotopic (exact) mass is 379 g/mol. The summed E-state index contributed by atoms with van der Waals surface area (Å²) in [6, 6.07) is 8.03. The highest BCUT2D eigenvalue weighted by Gasteiger charge is 2.11. The summed E-state index contributed by atoms with van der Waals surface area (Å²) in [5.41, 5.74) is 1.24. The normalized spacial score (nSPS) is 17.1. The van der Waals surface area contributed by atoms with E-state index in [0.717, 1.165) is 50.0 Å². The zero-order valence-electron chi connectivity index (χ0n) is 16.3. The highest BCUT2D eigenvalue weighted by Crippen LogP contribution is 2.10. The second-order valence-electron chi connectivity index (χ2n) is 6.92. The Balaban J connectivity index is 1.68. The molecule has 1 aromatic rings. The molecule has 1 aliphatic heterocycles. The molecule has 1 aliphatic rings. The number of aliphatic imine (C=N–C) groups is 1. The van der Waals surface area contributed by atoms with Gasteiger partial charge in [-0.2, -0.15) is 0 Å². The van der Waals surface area contributed by atoms with Crippen LogP contribution in [0.25, 0.3) is 0 Å². The number of benzene rings is 1. The van der Waals surface area contributed by atoms with Crippen molar-refractivity contribution >= 4 is 17.6 Å². The summed E-state index contributed by atoms with van der Waals surface area (Å²) >= 11 is 6.04. The minimum absolute atomic E-state index is 0.794. The Bertz CT molecular complexity index is 549. The van der Waals surface area contributed by atoms with E-state index in [2.05, 4.69) is 40.5 Å². The summed E-state index contributed by atoms with van der Waals surface area (Å²) in [5.74, 6) is 0.908. The quantitative estimate of drug-likeness (QED) is 0.413. The standard InChI is InChI=1S/C20H34ClN5/c1-3-22-20(24-11-9-18-7-4-8-19(21)17-18)23-10-5-13-26-14-6-12-25(2)15-16-26/h4,7-8,17H,3,5-6,9-16H2,1-2H3,(H2,22,23,24). The van der Waals surface area contributed by atoms with Gasteiger partial charge in [0.25, 0.3) is 0 Å². The fourth-order valence-electron chi connectivity index (χ4n) is 3.17. The van der Waals surface area contributed by atoms with Crippen molar-refractivity contribution in [3.05, 3.63) is 34.9 Å². The van der Waals surface area contributed by atoms with Crippen LogP contribution in [0.3, 0.4) is 0 Å². The van der Waals surface area contributed by atoms with Gasteiger partial charge in [-0.3, -0.25) is 4.99 Å². The molecule has 0 unspecified atom stereocenters. The Morgan fingerprint density at radius 2 is 2.08 bits per heavy atom. The van der Waals surface area contributed by atoms with E-state index in [1.807, 2.05) is 18.2 Å². The summed E-state index contributed by atoms with van der Waals surface area (Å²) in [7, 11) is 2.21. The molecule has 0 saturated carbocycles. The van der Waals surface area contributed by atoms with Crippen LogP contribution in [0.5, 0.6) is 0 Å². The van der Waals surface area contributed by atoms with Crippen molar-refractivity contribution in [3.63, 3.8) is 0 Å². The van der Waals surface area contributed by atoms with E-state index in [0.29, 0.717) is 0 Å². The molecule has 0 amide bonds. The van der Waals surface area contributed by atoms with Gasteiger partial charge >= 0.3 is 0 Å². The lowest BCUT2D eigenvalue weighted by Gasteiger charge is -2.19. The van der Waals surface area contributed by atoms with E-state index in [4.69, 9.17) is 16.6 Å². The molecule has 2 rings (SSSR count). The molecular weight excluding hydrogens is 346 g/mol. The minimum Gasteiger partial charge on any atom is -0.357 e. The van der Waals surface area contributed by atoms with Gasteiger partial charge in [-0.15, -0.1) is 0 Å². The summed E-state index contributed by atoms with van der Waals surface area (Å²) in [4.78, 5) is 9.71. The molecule has 1 aromatic carbocycles. The summed E-state index contributed by atoms with van der Waals surface area (Å²) in [6.45, 7) is 10.6. The van der Waals surface area contributed by atoms with Gasteiger partial charge in [0.05, 0.1) is 0 Å². The average Bonchev–Trinajstić information content (AvgIpc) is 2.83. The number of rotatable bonds is 8.